The van der Waals surface area contributed by atoms with Crippen molar-refractivity contribution in [3.63, 3.8) is 0 Å². The van der Waals surface area contributed by atoms with E-state index in [2.05, 4.69) is 0 Å². The summed E-state index contributed by atoms with van der Waals surface area (Å²) in [5, 5.41) is 0. The molecule has 0 aliphatic carbocycles. The number of ether oxygens (including phenoxy) is 1. The third-order valence-electron chi connectivity index (χ3n) is 3.52. The highest BCUT2D eigenvalue weighted by Gasteiger charge is 2.33. The highest BCUT2D eigenvalue weighted by atomic mass is 16.6. The molecule has 1 atom stereocenters. The zero-order chi connectivity index (χ0) is 15.5. The van der Waals surface area contributed by atoms with Gasteiger partial charge in [0.2, 0.25) is 0 Å². The predicted molar refractivity (Wildman–Crippen MR) is 81.4 cm³/mol. The van der Waals surface area contributed by atoms with E-state index in [0.29, 0.717) is 18.5 Å². The number of hydrogen-bond acceptors (Lipinski definition) is 3. The molecule has 1 unspecified atom stereocenters. The normalized spacial score (nSPS) is 18.6. The van der Waals surface area contributed by atoms with E-state index in [4.69, 9.17) is 4.74 Å². The number of carbonyl (C=O) groups excluding carboxylic acids is 2. The maximum Gasteiger partial charge on any atom is 0.410 e. The Bertz CT molecular complexity index is 505. The first-order valence-corrected chi connectivity index (χ1v) is 7.45. The van der Waals surface area contributed by atoms with Crippen molar-refractivity contribution in [2.45, 2.75) is 51.7 Å². The van der Waals surface area contributed by atoms with Crippen LogP contribution >= 0.6 is 0 Å². The molecule has 1 fully saturated rings. The Morgan fingerprint density at radius 3 is 2.52 bits per heavy atom. The Kier molecular flexibility index (Phi) is 4.66. The largest absolute Gasteiger partial charge is 0.444 e. The monoisotopic (exact) mass is 289 g/mol. The summed E-state index contributed by atoms with van der Waals surface area (Å²) >= 11 is 0. The lowest BCUT2D eigenvalue weighted by atomic mass is 10.0. The lowest BCUT2D eigenvalue weighted by Gasteiger charge is -2.28. The van der Waals surface area contributed by atoms with Crippen molar-refractivity contribution >= 4 is 11.9 Å². The fourth-order valence-corrected chi connectivity index (χ4v) is 2.56. The minimum absolute atomic E-state index is 0.0486. The Hall–Kier alpha value is -1.84. The standard InChI is InChI=1S/C17H23NO3/c1-17(2,3)21-16(20)18-11-7-10-14(18)12-15(19)13-8-5-4-6-9-13/h4-6,8-9,14H,7,10-12H2,1-3H3. The van der Waals surface area contributed by atoms with Crippen LogP contribution in [-0.4, -0.2) is 35.0 Å². The van der Waals surface area contributed by atoms with Crippen LogP contribution in [0.1, 0.15) is 50.4 Å². The smallest absolute Gasteiger partial charge is 0.410 e. The second kappa shape index (κ2) is 6.29. The highest BCUT2D eigenvalue weighted by Crippen LogP contribution is 2.24. The third-order valence-corrected chi connectivity index (χ3v) is 3.52. The Labute approximate surface area is 126 Å². The van der Waals surface area contributed by atoms with Gasteiger partial charge < -0.3 is 9.64 Å². The van der Waals surface area contributed by atoms with Crippen LogP contribution in [0.25, 0.3) is 0 Å². The summed E-state index contributed by atoms with van der Waals surface area (Å²) in [4.78, 5) is 26.2. The maximum atomic E-state index is 12.3. The van der Waals surface area contributed by atoms with Gasteiger partial charge in [-0.25, -0.2) is 4.79 Å². The van der Waals surface area contributed by atoms with Crippen LogP contribution in [0.5, 0.6) is 0 Å². The molecule has 1 amide bonds. The van der Waals surface area contributed by atoms with Gasteiger partial charge in [0.1, 0.15) is 5.60 Å². The van der Waals surface area contributed by atoms with Crippen LogP contribution in [0.4, 0.5) is 4.79 Å². The molecule has 1 aliphatic heterocycles. The molecular formula is C17H23NO3. The SMILES string of the molecule is CC(C)(C)OC(=O)N1CCCC1CC(=O)c1ccccc1. The summed E-state index contributed by atoms with van der Waals surface area (Å²) in [6, 6.07) is 9.18. The average Bonchev–Trinajstić information content (AvgIpc) is 2.86. The first-order chi connectivity index (χ1) is 9.87. The van der Waals surface area contributed by atoms with Crippen molar-refractivity contribution in [3.05, 3.63) is 35.9 Å². The molecule has 0 N–H and O–H groups in total. The van der Waals surface area contributed by atoms with Crippen LogP contribution in [0.2, 0.25) is 0 Å². The van der Waals surface area contributed by atoms with Crippen LogP contribution in [0, 0.1) is 0 Å². The second-order valence-corrected chi connectivity index (χ2v) is 6.46. The quantitative estimate of drug-likeness (QED) is 0.798. The molecule has 0 radical (unpaired) electrons. The van der Waals surface area contributed by atoms with Crippen molar-refractivity contribution in [1.82, 2.24) is 4.90 Å². The number of likely N-dealkylation sites (tertiary alicyclic amines) is 1. The van der Waals surface area contributed by atoms with Gasteiger partial charge in [-0.3, -0.25) is 4.79 Å². The van der Waals surface area contributed by atoms with Crippen LogP contribution in [0.3, 0.4) is 0 Å². The molecule has 0 bridgehead atoms. The zero-order valence-corrected chi connectivity index (χ0v) is 13.0. The minimum atomic E-state index is -0.506. The minimum Gasteiger partial charge on any atom is -0.444 e. The first-order valence-electron chi connectivity index (χ1n) is 7.45. The molecule has 21 heavy (non-hydrogen) atoms. The number of rotatable bonds is 3. The number of nitrogens with zero attached hydrogens (tertiary/aromatic N) is 1. The fourth-order valence-electron chi connectivity index (χ4n) is 2.56. The van der Waals surface area contributed by atoms with Gasteiger partial charge in [-0.15, -0.1) is 0 Å². The number of carbonyl (C=O) groups is 2. The Morgan fingerprint density at radius 1 is 1.24 bits per heavy atom. The summed E-state index contributed by atoms with van der Waals surface area (Å²) in [7, 11) is 0. The van der Waals surface area contributed by atoms with Gasteiger partial charge in [0, 0.05) is 24.6 Å². The van der Waals surface area contributed by atoms with E-state index in [0.717, 1.165) is 12.8 Å². The zero-order valence-electron chi connectivity index (χ0n) is 13.0. The van der Waals surface area contributed by atoms with E-state index in [1.165, 1.54) is 0 Å². The van der Waals surface area contributed by atoms with Crippen LogP contribution in [0.15, 0.2) is 30.3 Å². The van der Waals surface area contributed by atoms with Gasteiger partial charge in [-0.05, 0) is 33.6 Å². The number of benzene rings is 1. The molecule has 4 heteroatoms. The number of amides is 1. The van der Waals surface area contributed by atoms with Gasteiger partial charge in [0.25, 0.3) is 0 Å². The lowest BCUT2D eigenvalue weighted by Crippen LogP contribution is -2.40. The van der Waals surface area contributed by atoms with E-state index >= 15 is 0 Å². The number of ketones is 1. The Balaban J connectivity index is 1.99. The van der Waals surface area contributed by atoms with Gasteiger partial charge in [0.05, 0.1) is 0 Å². The molecular weight excluding hydrogens is 266 g/mol. The average molecular weight is 289 g/mol. The maximum absolute atomic E-state index is 12.3. The fraction of sp³-hybridized carbons (Fsp3) is 0.529. The van der Waals surface area contributed by atoms with E-state index in [9.17, 15) is 9.59 Å². The van der Waals surface area contributed by atoms with Crippen molar-refractivity contribution in [2.75, 3.05) is 6.54 Å². The van der Waals surface area contributed by atoms with Crippen molar-refractivity contribution in [2.24, 2.45) is 0 Å². The van der Waals surface area contributed by atoms with Crippen LogP contribution in [-0.2, 0) is 4.74 Å². The summed E-state index contributed by atoms with van der Waals surface area (Å²) in [5.41, 5.74) is 0.196. The first kappa shape index (κ1) is 15.5. The van der Waals surface area contributed by atoms with E-state index in [1.54, 1.807) is 4.90 Å². The van der Waals surface area contributed by atoms with Gasteiger partial charge in [0.15, 0.2) is 5.78 Å². The highest BCUT2D eigenvalue weighted by molar-refractivity contribution is 5.96. The molecule has 1 aliphatic rings. The van der Waals surface area contributed by atoms with Crippen molar-refractivity contribution in [1.29, 1.82) is 0 Å². The molecule has 114 valence electrons. The summed E-state index contributed by atoms with van der Waals surface area (Å²) in [6.07, 6.45) is 1.83. The summed E-state index contributed by atoms with van der Waals surface area (Å²) < 4.78 is 5.41. The molecule has 0 spiro atoms. The van der Waals surface area contributed by atoms with E-state index in [-0.39, 0.29) is 17.9 Å². The lowest BCUT2D eigenvalue weighted by molar-refractivity contribution is 0.0223. The third kappa shape index (κ3) is 4.31. The van der Waals surface area contributed by atoms with Crippen molar-refractivity contribution in [3.8, 4) is 0 Å². The molecule has 4 nitrogen and oxygen atoms in total. The second-order valence-electron chi connectivity index (χ2n) is 6.46. The summed E-state index contributed by atoms with van der Waals surface area (Å²) in [5.74, 6) is 0.0797. The molecule has 1 saturated heterocycles. The molecule has 1 aromatic carbocycles. The van der Waals surface area contributed by atoms with Gasteiger partial charge >= 0.3 is 6.09 Å². The van der Waals surface area contributed by atoms with Crippen LogP contribution < -0.4 is 0 Å². The Morgan fingerprint density at radius 2 is 1.90 bits per heavy atom. The molecule has 2 rings (SSSR count). The molecule has 0 saturated carbocycles. The summed E-state index contributed by atoms with van der Waals surface area (Å²) in [6.45, 7) is 6.23. The molecule has 0 aromatic heterocycles. The molecule has 1 heterocycles. The van der Waals surface area contributed by atoms with Gasteiger partial charge in [-0.2, -0.15) is 0 Å². The topological polar surface area (TPSA) is 46.6 Å². The van der Waals surface area contributed by atoms with E-state index < -0.39 is 5.60 Å². The predicted octanol–water partition coefficient (Wildman–Crippen LogP) is 3.66. The number of Topliss-reactive ketones (excluding diaryl/α,β-unsaturated/α-hetero) is 1. The van der Waals surface area contributed by atoms with Crippen molar-refractivity contribution < 1.29 is 14.3 Å². The molecule has 1 aromatic rings. The van der Waals surface area contributed by atoms with Gasteiger partial charge in [-0.1, -0.05) is 30.3 Å². The van der Waals surface area contributed by atoms with E-state index in [1.807, 2.05) is 51.1 Å². The number of hydrogen-bond donors (Lipinski definition) is 0.